The molecule has 3 aromatic heterocycles. The predicted octanol–water partition coefficient (Wildman–Crippen LogP) is 2.56. The number of amides is 1. The number of nitriles is 1. The lowest BCUT2D eigenvalue weighted by Crippen LogP contribution is -2.28. The quantitative estimate of drug-likeness (QED) is 0.399. The van der Waals surface area contributed by atoms with Crippen molar-refractivity contribution in [2.75, 3.05) is 24.1 Å². The van der Waals surface area contributed by atoms with Crippen LogP contribution in [0.3, 0.4) is 0 Å². The van der Waals surface area contributed by atoms with Gasteiger partial charge in [-0.25, -0.2) is 19.7 Å². The van der Waals surface area contributed by atoms with Gasteiger partial charge in [0.25, 0.3) is 5.91 Å². The van der Waals surface area contributed by atoms with Gasteiger partial charge >= 0.3 is 11.9 Å². The van der Waals surface area contributed by atoms with Gasteiger partial charge < -0.3 is 16.0 Å². The van der Waals surface area contributed by atoms with Crippen molar-refractivity contribution >= 4 is 28.7 Å². The number of hydrogen-bond donors (Lipinski definition) is 2. The Morgan fingerprint density at radius 3 is 2.59 bits per heavy atom. The van der Waals surface area contributed by atoms with E-state index in [0.29, 0.717) is 30.8 Å². The molecule has 1 aromatic carbocycles. The highest BCUT2D eigenvalue weighted by molar-refractivity contribution is 6.03. The molecule has 0 spiro atoms. The van der Waals surface area contributed by atoms with Crippen molar-refractivity contribution < 1.29 is 18.0 Å². The number of hydrogen-bond acceptors (Lipinski definition) is 8. The molecule has 14 heteroatoms. The topological polar surface area (TPSA) is 148 Å². The van der Waals surface area contributed by atoms with Crippen LogP contribution in [0.4, 0.5) is 24.8 Å². The number of anilines is 2. The van der Waals surface area contributed by atoms with Crippen LogP contribution in [-0.4, -0.2) is 48.0 Å². The van der Waals surface area contributed by atoms with Crippen LogP contribution in [0.2, 0.25) is 0 Å². The van der Waals surface area contributed by atoms with E-state index in [1.807, 2.05) is 0 Å². The monoisotopic (exact) mass is 509 g/mol. The summed E-state index contributed by atoms with van der Waals surface area (Å²) in [6.07, 6.45) is 0.283. The number of pyridine rings is 1. The lowest BCUT2D eigenvalue weighted by molar-refractivity contribution is -0.137. The number of nitrogens with one attached hydrogen (secondary N) is 1. The van der Waals surface area contributed by atoms with Gasteiger partial charge in [-0.3, -0.25) is 13.9 Å². The van der Waals surface area contributed by atoms with Crippen LogP contribution in [0.1, 0.15) is 28.4 Å². The lowest BCUT2D eigenvalue weighted by atomic mass is 10.2. The Morgan fingerprint density at radius 1 is 1.16 bits per heavy atom. The predicted molar refractivity (Wildman–Crippen MR) is 126 cm³/mol. The van der Waals surface area contributed by atoms with Crippen molar-refractivity contribution in [2.24, 2.45) is 0 Å². The molecule has 4 aromatic rings. The van der Waals surface area contributed by atoms with Crippen LogP contribution in [0.25, 0.3) is 16.9 Å². The first-order chi connectivity index (χ1) is 17.7. The molecule has 1 amide bonds. The molecular formula is C23H18F3N9O2. The molecule has 1 atom stereocenters. The van der Waals surface area contributed by atoms with Crippen LogP contribution in [0, 0.1) is 11.5 Å². The maximum Gasteiger partial charge on any atom is 0.416 e. The van der Waals surface area contributed by atoms with Crippen LogP contribution >= 0.6 is 0 Å². The summed E-state index contributed by atoms with van der Waals surface area (Å²) in [4.78, 5) is 39.7. The molecule has 1 fully saturated rings. The van der Waals surface area contributed by atoms with E-state index in [4.69, 9.17) is 5.73 Å². The number of likely N-dealkylation sites (tertiary alicyclic amines) is 1. The SMILES string of the molecule is N#CN1CCC(n2c(=O)n(-c3ccc(C(=O)Nc4cc(C(F)(F)F)ccn4)cc3)c3c(N)ncnc32)C1. The fraction of sp³-hybridized carbons (Fsp3) is 0.217. The van der Waals surface area contributed by atoms with E-state index in [1.54, 1.807) is 4.90 Å². The second kappa shape index (κ2) is 8.94. The molecule has 1 saturated heterocycles. The van der Waals surface area contributed by atoms with Gasteiger partial charge in [0.2, 0.25) is 0 Å². The van der Waals surface area contributed by atoms with E-state index in [-0.39, 0.29) is 28.8 Å². The van der Waals surface area contributed by atoms with E-state index in [1.165, 1.54) is 39.7 Å². The normalized spacial score (nSPS) is 15.6. The standard InChI is InChI=1S/C23H18F3N9O2/c24-23(25,26)14-5-7-29-17(9-14)32-21(36)13-1-3-15(4-2-13)34-18-19(28)30-12-31-20(18)35(22(34)37)16-6-8-33(10-16)11-27/h1-5,7,9,12,16H,6,8,10H2,(H2,28,30,31)(H,29,32,36). The number of nitrogen functional groups attached to an aromatic ring is 1. The zero-order valence-corrected chi connectivity index (χ0v) is 19.0. The van der Waals surface area contributed by atoms with E-state index in [9.17, 15) is 28.0 Å². The first kappa shape index (κ1) is 23.8. The summed E-state index contributed by atoms with van der Waals surface area (Å²) < 4.78 is 41.6. The number of rotatable bonds is 4. The number of nitrogens with two attached hydrogens (primary N) is 1. The van der Waals surface area contributed by atoms with Crippen molar-refractivity contribution in [1.82, 2.24) is 29.0 Å². The van der Waals surface area contributed by atoms with Crippen molar-refractivity contribution in [2.45, 2.75) is 18.6 Å². The molecule has 188 valence electrons. The van der Waals surface area contributed by atoms with Crippen LogP contribution in [-0.2, 0) is 6.18 Å². The molecule has 1 aliphatic rings. The Hall–Kier alpha value is -4.93. The van der Waals surface area contributed by atoms with E-state index in [0.717, 1.165) is 18.3 Å². The minimum absolute atomic E-state index is 0.0772. The summed E-state index contributed by atoms with van der Waals surface area (Å²) in [7, 11) is 0. The van der Waals surface area contributed by atoms with Crippen LogP contribution in [0.15, 0.2) is 53.7 Å². The highest BCUT2D eigenvalue weighted by atomic mass is 19.4. The number of carbonyl (C=O) groups excluding carboxylic acids is 1. The fourth-order valence-corrected chi connectivity index (χ4v) is 4.31. The number of halogens is 3. The molecule has 0 saturated carbocycles. The van der Waals surface area contributed by atoms with Crippen LogP contribution in [0.5, 0.6) is 0 Å². The van der Waals surface area contributed by atoms with Gasteiger partial charge in [0.15, 0.2) is 17.7 Å². The molecule has 0 radical (unpaired) electrons. The molecule has 0 bridgehead atoms. The molecule has 1 aliphatic heterocycles. The van der Waals surface area contributed by atoms with Gasteiger partial charge in [-0.2, -0.15) is 18.4 Å². The van der Waals surface area contributed by atoms with E-state index < -0.39 is 23.3 Å². The highest BCUT2D eigenvalue weighted by Crippen LogP contribution is 2.30. The largest absolute Gasteiger partial charge is 0.416 e. The third kappa shape index (κ3) is 4.31. The average Bonchev–Trinajstić information content (AvgIpc) is 3.46. The van der Waals surface area contributed by atoms with Crippen molar-refractivity contribution in [3.05, 3.63) is 70.5 Å². The van der Waals surface area contributed by atoms with Gasteiger partial charge in [0, 0.05) is 24.8 Å². The summed E-state index contributed by atoms with van der Waals surface area (Å²) >= 11 is 0. The first-order valence-electron chi connectivity index (χ1n) is 11.0. The van der Waals surface area contributed by atoms with E-state index >= 15 is 0 Å². The van der Waals surface area contributed by atoms with E-state index in [2.05, 4.69) is 26.5 Å². The second-order valence-corrected chi connectivity index (χ2v) is 8.34. The number of carbonyl (C=O) groups is 1. The summed E-state index contributed by atoms with van der Waals surface area (Å²) in [6.45, 7) is 0.855. The zero-order chi connectivity index (χ0) is 26.3. The summed E-state index contributed by atoms with van der Waals surface area (Å²) in [5.74, 6) is -0.858. The Bertz CT molecular complexity index is 1600. The van der Waals surface area contributed by atoms with Gasteiger partial charge in [-0.15, -0.1) is 0 Å². The smallest absolute Gasteiger partial charge is 0.382 e. The number of aromatic nitrogens is 5. The summed E-state index contributed by atoms with van der Waals surface area (Å²) in [5.41, 5.74) is 5.83. The van der Waals surface area contributed by atoms with Crippen molar-refractivity contribution in [1.29, 1.82) is 5.26 Å². The van der Waals surface area contributed by atoms with Crippen molar-refractivity contribution in [3.63, 3.8) is 0 Å². The Morgan fingerprint density at radius 2 is 1.92 bits per heavy atom. The minimum Gasteiger partial charge on any atom is -0.382 e. The van der Waals surface area contributed by atoms with Crippen molar-refractivity contribution in [3.8, 4) is 11.9 Å². The summed E-state index contributed by atoms with van der Waals surface area (Å²) in [6, 6.07) is 7.08. The molecule has 11 nitrogen and oxygen atoms in total. The van der Waals surface area contributed by atoms with Gasteiger partial charge in [-0.1, -0.05) is 0 Å². The number of nitrogens with zero attached hydrogens (tertiary/aromatic N) is 7. The Labute approximate surface area is 206 Å². The zero-order valence-electron chi connectivity index (χ0n) is 19.0. The molecule has 1 unspecified atom stereocenters. The number of imidazole rings is 1. The minimum atomic E-state index is -4.58. The molecule has 37 heavy (non-hydrogen) atoms. The van der Waals surface area contributed by atoms with Gasteiger partial charge in [0.05, 0.1) is 17.3 Å². The Balaban J connectivity index is 1.48. The second-order valence-electron chi connectivity index (χ2n) is 8.34. The molecule has 5 rings (SSSR count). The molecule has 0 aliphatic carbocycles. The number of fused-ring (bicyclic) bond motifs is 1. The average molecular weight is 509 g/mol. The summed E-state index contributed by atoms with van der Waals surface area (Å²) in [5, 5.41) is 11.5. The lowest BCUT2D eigenvalue weighted by Gasteiger charge is -2.11. The molecule has 3 N–H and O–H groups in total. The van der Waals surface area contributed by atoms with Gasteiger partial charge in [0.1, 0.15) is 17.7 Å². The molecular weight excluding hydrogens is 491 g/mol. The highest BCUT2D eigenvalue weighted by Gasteiger charge is 2.31. The third-order valence-corrected chi connectivity index (χ3v) is 6.07. The third-order valence-electron chi connectivity index (χ3n) is 6.07. The van der Waals surface area contributed by atoms with Gasteiger partial charge in [-0.05, 0) is 42.8 Å². The first-order valence-corrected chi connectivity index (χ1v) is 11.0. The maximum atomic E-state index is 13.5. The number of benzene rings is 1. The maximum absolute atomic E-state index is 13.5. The van der Waals surface area contributed by atoms with Crippen LogP contribution < -0.4 is 16.7 Å². The number of alkyl halides is 3. The molecule has 4 heterocycles. The fourth-order valence-electron chi connectivity index (χ4n) is 4.31. The Kier molecular flexibility index (Phi) is 5.75.